The molecule has 4 rings (SSSR count). The zero-order chi connectivity index (χ0) is 17.6. The number of ether oxygens (including phenoxy) is 1. The van der Waals surface area contributed by atoms with Crippen molar-refractivity contribution in [2.75, 3.05) is 18.6 Å². The fourth-order valence-corrected chi connectivity index (χ4v) is 3.04. The Morgan fingerprint density at radius 3 is 2.64 bits per heavy atom. The molecule has 1 aromatic carbocycles. The predicted molar refractivity (Wildman–Crippen MR) is 84.0 cm³/mol. The maximum Gasteiger partial charge on any atom is 0.249 e. The third-order valence-corrected chi connectivity index (χ3v) is 4.29. The Labute approximate surface area is 141 Å². The molecule has 0 aliphatic carbocycles. The summed E-state index contributed by atoms with van der Waals surface area (Å²) in [5.74, 6) is -0.394. The van der Waals surface area contributed by atoms with Gasteiger partial charge in [0.2, 0.25) is 5.89 Å². The van der Waals surface area contributed by atoms with Crippen LogP contribution >= 0.6 is 0 Å². The van der Waals surface area contributed by atoms with E-state index in [2.05, 4.69) is 20.1 Å². The van der Waals surface area contributed by atoms with Crippen molar-refractivity contribution in [1.29, 1.82) is 0 Å². The summed E-state index contributed by atoms with van der Waals surface area (Å²) in [7, 11) is 1.63. The molecule has 130 valence electrons. The van der Waals surface area contributed by atoms with E-state index in [0.29, 0.717) is 30.5 Å². The van der Waals surface area contributed by atoms with Gasteiger partial charge in [-0.25, -0.2) is 13.8 Å². The van der Waals surface area contributed by atoms with E-state index in [1.165, 1.54) is 6.20 Å². The molecule has 0 spiro atoms. The van der Waals surface area contributed by atoms with Crippen LogP contribution in [0.3, 0.4) is 0 Å². The molecule has 7 nitrogen and oxygen atoms in total. The van der Waals surface area contributed by atoms with E-state index in [0.717, 1.165) is 12.1 Å². The number of hydrogen-bond acceptors (Lipinski definition) is 7. The van der Waals surface area contributed by atoms with Crippen LogP contribution in [0.5, 0.6) is 0 Å². The topological polar surface area (TPSA) is 77.2 Å². The molecule has 1 fully saturated rings. The van der Waals surface area contributed by atoms with Gasteiger partial charge in [0.25, 0.3) is 0 Å². The van der Waals surface area contributed by atoms with Gasteiger partial charge in [-0.2, -0.15) is 4.98 Å². The Balaban J connectivity index is 1.75. The molecule has 1 aliphatic rings. The van der Waals surface area contributed by atoms with E-state index in [4.69, 9.17) is 9.26 Å². The Kier molecular flexibility index (Phi) is 3.79. The third-order valence-electron chi connectivity index (χ3n) is 4.29. The van der Waals surface area contributed by atoms with Gasteiger partial charge in [-0.05, 0) is 6.92 Å². The fourth-order valence-electron chi connectivity index (χ4n) is 3.04. The highest BCUT2D eigenvalue weighted by Gasteiger charge is 2.37. The second-order valence-electron chi connectivity index (χ2n) is 5.92. The van der Waals surface area contributed by atoms with Crippen molar-refractivity contribution in [3.8, 4) is 0 Å². The molecule has 2 unspecified atom stereocenters. The van der Waals surface area contributed by atoms with Gasteiger partial charge in [-0.3, -0.25) is 4.98 Å². The summed E-state index contributed by atoms with van der Waals surface area (Å²) in [4.78, 5) is 14.8. The van der Waals surface area contributed by atoms with Gasteiger partial charge in [0.15, 0.2) is 17.5 Å². The number of rotatable bonds is 3. The van der Waals surface area contributed by atoms with Crippen molar-refractivity contribution < 1.29 is 18.0 Å². The smallest absolute Gasteiger partial charge is 0.249 e. The average molecular weight is 347 g/mol. The second-order valence-corrected chi connectivity index (χ2v) is 5.92. The minimum Gasteiger partial charge on any atom is -0.380 e. The van der Waals surface area contributed by atoms with Gasteiger partial charge in [0, 0.05) is 32.2 Å². The number of aryl methyl sites for hydroxylation is 1. The fraction of sp³-hybridized carbons (Fsp3) is 0.375. The second kappa shape index (κ2) is 5.99. The Bertz CT molecular complexity index is 932. The molecule has 2 atom stereocenters. The average Bonchev–Trinajstić information content (AvgIpc) is 3.21. The minimum atomic E-state index is -0.959. The number of methoxy groups -OCH3 is 1. The summed E-state index contributed by atoms with van der Waals surface area (Å²) in [5, 5.41) is 3.83. The number of aromatic nitrogens is 4. The van der Waals surface area contributed by atoms with Crippen LogP contribution in [0.4, 0.5) is 14.6 Å². The van der Waals surface area contributed by atoms with Crippen molar-refractivity contribution in [2.45, 2.75) is 25.5 Å². The van der Waals surface area contributed by atoms with E-state index in [1.807, 2.05) is 4.90 Å². The Hall–Kier alpha value is -2.68. The number of benzene rings is 1. The summed E-state index contributed by atoms with van der Waals surface area (Å²) in [6, 6.07) is 1.85. The van der Waals surface area contributed by atoms with Gasteiger partial charge in [0.05, 0.1) is 23.3 Å². The summed E-state index contributed by atoms with van der Waals surface area (Å²) in [6.07, 6.45) is 2.13. The first-order chi connectivity index (χ1) is 12.0. The molecule has 0 N–H and O–H groups in total. The molecule has 0 saturated carbocycles. The predicted octanol–water partition coefficient (Wildman–Crippen LogP) is 2.57. The maximum atomic E-state index is 13.5. The Morgan fingerprint density at radius 2 is 1.96 bits per heavy atom. The normalized spacial score (nSPS) is 20.6. The largest absolute Gasteiger partial charge is 0.380 e. The molecule has 1 aliphatic heterocycles. The van der Waals surface area contributed by atoms with E-state index < -0.39 is 11.6 Å². The van der Waals surface area contributed by atoms with E-state index in [1.54, 1.807) is 14.0 Å². The quantitative estimate of drug-likeness (QED) is 0.720. The first-order valence-electron chi connectivity index (χ1n) is 7.76. The highest BCUT2D eigenvalue weighted by atomic mass is 19.2. The zero-order valence-corrected chi connectivity index (χ0v) is 13.6. The molecule has 0 amide bonds. The van der Waals surface area contributed by atoms with Crippen molar-refractivity contribution in [1.82, 2.24) is 20.1 Å². The third kappa shape index (κ3) is 2.80. The first-order valence-corrected chi connectivity index (χ1v) is 7.76. The van der Waals surface area contributed by atoms with Crippen LogP contribution in [0, 0.1) is 18.6 Å². The van der Waals surface area contributed by atoms with Crippen LogP contribution in [0.25, 0.3) is 11.0 Å². The lowest BCUT2D eigenvalue weighted by Crippen LogP contribution is -2.26. The number of hydrogen-bond donors (Lipinski definition) is 0. The summed E-state index contributed by atoms with van der Waals surface area (Å²) in [5.41, 5.74) is 0.563. The molecule has 0 bridgehead atoms. The van der Waals surface area contributed by atoms with Crippen LogP contribution in [-0.2, 0) is 4.74 Å². The number of anilines is 1. The first kappa shape index (κ1) is 15.8. The van der Waals surface area contributed by atoms with Crippen LogP contribution < -0.4 is 4.90 Å². The van der Waals surface area contributed by atoms with Crippen LogP contribution in [-0.4, -0.2) is 39.9 Å². The Morgan fingerprint density at radius 1 is 1.20 bits per heavy atom. The van der Waals surface area contributed by atoms with Crippen molar-refractivity contribution >= 4 is 16.9 Å². The summed E-state index contributed by atoms with van der Waals surface area (Å²) >= 11 is 0. The molecule has 25 heavy (non-hydrogen) atoms. The molecule has 0 radical (unpaired) electrons. The van der Waals surface area contributed by atoms with Crippen molar-refractivity contribution in [3.63, 3.8) is 0 Å². The van der Waals surface area contributed by atoms with Crippen LogP contribution in [0.1, 0.15) is 24.2 Å². The summed E-state index contributed by atoms with van der Waals surface area (Å²) < 4.78 is 37.6. The lowest BCUT2D eigenvalue weighted by molar-refractivity contribution is 0.117. The molecular weight excluding hydrogens is 332 g/mol. The standard InChI is InChI=1S/C16H15F2N5O2/c1-8-20-16(25-22-8)14-3-9(24-2)7-23(14)15-6-19-12-4-10(17)11(18)5-13(12)21-15/h4-6,9,14H,3,7H2,1-2H3. The number of nitrogens with zero attached hydrogens (tertiary/aromatic N) is 5. The van der Waals surface area contributed by atoms with Gasteiger partial charge in [0.1, 0.15) is 11.9 Å². The summed E-state index contributed by atoms with van der Waals surface area (Å²) in [6.45, 7) is 2.29. The molecule has 1 saturated heterocycles. The van der Waals surface area contributed by atoms with E-state index in [9.17, 15) is 8.78 Å². The van der Waals surface area contributed by atoms with Crippen molar-refractivity contribution in [3.05, 3.63) is 41.7 Å². The van der Waals surface area contributed by atoms with Gasteiger partial charge < -0.3 is 14.2 Å². The van der Waals surface area contributed by atoms with Gasteiger partial charge in [-0.15, -0.1) is 0 Å². The van der Waals surface area contributed by atoms with Crippen LogP contribution in [0.2, 0.25) is 0 Å². The molecule has 2 aromatic heterocycles. The monoisotopic (exact) mass is 347 g/mol. The zero-order valence-electron chi connectivity index (χ0n) is 13.6. The highest BCUT2D eigenvalue weighted by molar-refractivity contribution is 5.75. The molecule has 3 heterocycles. The molecule has 9 heteroatoms. The SMILES string of the molecule is COC1CC(c2nc(C)no2)N(c2cnc3cc(F)c(F)cc3n2)C1. The van der Waals surface area contributed by atoms with Crippen LogP contribution in [0.15, 0.2) is 22.9 Å². The van der Waals surface area contributed by atoms with Gasteiger partial charge >= 0.3 is 0 Å². The van der Waals surface area contributed by atoms with E-state index in [-0.39, 0.29) is 23.2 Å². The van der Waals surface area contributed by atoms with Crippen molar-refractivity contribution in [2.24, 2.45) is 0 Å². The minimum absolute atomic E-state index is 0.0420. The lowest BCUT2D eigenvalue weighted by atomic mass is 10.2. The molecule has 3 aromatic rings. The van der Waals surface area contributed by atoms with E-state index >= 15 is 0 Å². The molecular formula is C16H15F2N5O2. The van der Waals surface area contributed by atoms with Gasteiger partial charge in [-0.1, -0.05) is 5.16 Å². The number of fused-ring (bicyclic) bond motifs is 1. The number of halogens is 2. The maximum absolute atomic E-state index is 13.5. The lowest BCUT2D eigenvalue weighted by Gasteiger charge is -2.22. The highest BCUT2D eigenvalue weighted by Crippen LogP contribution is 2.36.